The third-order valence-electron chi connectivity index (χ3n) is 2.71. The van der Waals surface area contributed by atoms with Gasteiger partial charge < -0.3 is 4.90 Å². The number of carbonyl (C=O) groups is 1. The van der Waals surface area contributed by atoms with E-state index in [4.69, 9.17) is 0 Å². The molecule has 1 saturated heterocycles. The molecule has 1 aliphatic rings. The largest absolute Gasteiger partial charge is 0.343 e. The van der Waals surface area contributed by atoms with Gasteiger partial charge in [0.05, 0.1) is 0 Å². The third-order valence-corrected chi connectivity index (χ3v) is 2.71. The number of aromatic nitrogens is 1. The molecule has 1 fully saturated rings. The molecule has 0 atom stereocenters. The fourth-order valence-corrected chi connectivity index (χ4v) is 1.77. The summed E-state index contributed by atoms with van der Waals surface area (Å²) >= 11 is 0. The van der Waals surface area contributed by atoms with E-state index >= 15 is 0 Å². The summed E-state index contributed by atoms with van der Waals surface area (Å²) in [5.74, 6) is 0. The van der Waals surface area contributed by atoms with Gasteiger partial charge >= 0.3 is 0 Å². The van der Waals surface area contributed by atoms with Crippen LogP contribution in [0.1, 0.15) is 5.56 Å². The second-order valence-corrected chi connectivity index (χ2v) is 3.77. The zero-order valence-corrected chi connectivity index (χ0v) is 10.8. The van der Waals surface area contributed by atoms with Crippen molar-refractivity contribution in [3.63, 3.8) is 0 Å². The summed E-state index contributed by atoms with van der Waals surface area (Å²) in [5.41, 5.74) is 1.28. The van der Waals surface area contributed by atoms with Crippen LogP contribution in [0.5, 0.6) is 0 Å². The Bertz CT molecular complexity index is 312. The Morgan fingerprint density at radius 1 is 1.19 bits per heavy atom. The third kappa shape index (κ3) is 3.57. The lowest BCUT2D eigenvalue weighted by molar-refractivity contribution is -0.119. The Kier molecular flexibility index (Phi) is 5.42. The smallest absolute Gasteiger partial charge is 0.209 e. The van der Waals surface area contributed by atoms with Crippen molar-refractivity contribution in [2.75, 3.05) is 26.2 Å². The van der Waals surface area contributed by atoms with Crippen molar-refractivity contribution < 1.29 is 4.79 Å². The molecule has 2 rings (SSSR count). The van der Waals surface area contributed by atoms with Gasteiger partial charge in [-0.2, -0.15) is 0 Å². The van der Waals surface area contributed by atoms with E-state index in [1.807, 2.05) is 29.4 Å². The molecular formula is C11H16BrN3O. The van der Waals surface area contributed by atoms with Crippen LogP contribution in [0.3, 0.4) is 0 Å². The summed E-state index contributed by atoms with van der Waals surface area (Å²) in [6, 6.07) is 4.07. The molecule has 1 aliphatic heterocycles. The maximum absolute atomic E-state index is 10.5. The summed E-state index contributed by atoms with van der Waals surface area (Å²) in [7, 11) is 0. The summed E-state index contributed by atoms with van der Waals surface area (Å²) in [6.07, 6.45) is 4.57. The molecule has 4 nitrogen and oxygen atoms in total. The fourth-order valence-electron chi connectivity index (χ4n) is 1.77. The number of amides is 1. The maximum atomic E-state index is 10.5. The molecule has 0 unspecified atom stereocenters. The number of rotatable bonds is 3. The summed E-state index contributed by atoms with van der Waals surface area (Å²) in [4.78, 5) is 18.7. The molecule has 16 heavy (non-hydrogen) atoms. The molecule has 0 radical (unpaired) electrons. The maximum Gasteiger partial charge on any atom is 0.209 e. The second kappa shape index (κ2) is 6.60. The van der Waals surface area contributed by atoms with Crippen LogP contribution in [0.25, 0.3) is 0 Å². The standard InChI is InChI=1S/C11H15N3O.BrH/c15-10-14-7-5-13(6-8-14)9-11-1-3-12-4-2-11;/h1-4,10H,5-9H2;1H. The zero-order valence-electron chi connectivity index (χ0n) is 9.08. The van der Waals surface area contributed by atoms with Gasteiger partial charge in [0.25, 0.3) is 0 Å². The van der Waals surface area contributed by atoms with Crippen molar-refractivity contribution in [3.05, 3.63) is 30.1 Å². The Morgan fingerprint density at radius 2 is 1.81 bits per heavy atom. The van der Waals surface area contributed by atoms with E-state index in [0.29, 0.717) is 0 Å². The first-order valence-corrected chi connectivity index (χ1v) is 5.19. The number of pyridine rings is 1. The minimum atomic E-state index is 0. The zero-order chi connectivity index (χ0) is 10.5. The summed E-state index contributed by atoms with van der Waals surface area (Å²) < 4.78 is 0. The van der Waals surface area contributed by atoms with E-state index in [-0.39, 0.29) is 17.0 Å². The molecule has 1 aromatic rings. The van der Waals surface area contributed by atoms with E-state index in [1.165, 1.54) is 5.56 Å². The second-order valence-electron chi connectivity index (χ2n) is 3.77. The minimum Gasteiger partial charge on any atom is -0.343 e. The van der Waals surface area contributed by atoms with Gasteiger partial charge in [0, 0.05) is 45.1 Å². The van der Waals surface area contributed by atoms with Gasteiger partial charge in [-0.25, -0.2) is 0 Å². The van der Waals surface area contributed by atoms with Crippen molar-refractivity contribution in [2.45, 2.75) is 6.54 Å². The van der Waals surface area contributed by atoms with Crippen LogP contribution in [0.15, 0.2) is 24.5 Å². The highest BCUT2D eigenvalue weighted by Crippen LogP contribution is 2.06. The molecule has 1 aromatic heterocycles. The molecule has 0 aromatic carbocycles. The predicted molar refractivity (Wildman–Crippen MR) is 67.5 cm³/mol. The number of carbonyl (C=O) groups excluding carboxylic acids is 1. The quantitative estimate of drug-likeness (QED) is 0.776. The number of nitrogens with zero attached hydrogens (tertiary/aromatic N) is 3. The first-order chi connectivity index (χ1) is 7.38. The van der Waals surface area contributed by atoms with Crippen LogP contribution >= 0.6 is 17.0 Å². The first kappa shape index (κ1) is 13.1. The van der Waals surface area contributed by atoms with Crippen LogP contribution in [0.2, 0.25) is 0 Å². The molecule has 5 heteroatoms. The van der Waals surface area contributed by atoms with Crippen molar-refractivity contribution in [2.24, 2.45) is 0 Å². The van der Waals surface area contributed by atoms with Gasteiger partial charge in [-0.05, 0) is 17.7 Å². The van der Waals surface area contributed by atoms with E-state index in [9.17, 15) is 4.79 Å². The van der Waals surface area contributed by atoms with Crippen molar-refractivity contribution >= 4 is 23.4 Å². The number of hydrogen-bond acceptors (Lipinski definition) is 3. The van der Waals surface area contributed by atoms with Crippen LogP contribution in [0.4, 0.5) is 0 Å². The van der Waals surface area contributed by atoms with Crippen molar-refractivity contribution in [1.29, 1.82) is 0 Å². The van der Waals surface area contributed by atoms with Gasteiger partial charge in [0.1, 0.15) is 0 Å². The monoisotopic (exact) mass is 285 g/mol. The average molecular weight is 286 g/mol. The lowest BCUT2D eigenvalue weighted by Crippen LogP contribution is -2.45. The van der Waals surface area contributed by atoms with E-state index in [0.717, 1.165) is 39.1 Å². The lowest BCUT2D eigenvalue weighted by atomic mass is 10.2. The normalized spacial score (nSPS) is 16.6. The highest BCUT2D eigenvalue weighted by atomic mass is 79.9. The predicted octanol–water partition coefficient (Wildman–Crippen LogP) is 0.933. The summed E-state index contributed by atoms with van der Waals surface area (Å²) in [5, 5.41) is 0. The molecule has 0 aliphatic carbocycles. The van der Waals surface area contributed by atoms with Crippen molar-refractivity contribution in [1.82, 2.24) is 14.8 Å². The van der Waals surface area contributed by atoms with Gasteiger partial charge in [-0.3, -0.25) is 14.7 Å². The Hall–Kier alpha value is -0.940. The van der Waals surface area contributed by atoms with Crippen molar-refractivity contribution in [3.8, 4) is 0 Å². The Balaban J connectivity index is 0.00000128. The van der Waals surface area contributed by atoms with Crippen LogP contribution in [0, 0.1) is 0 Å². The van der Waals surface area contributed by atoms with E-state index < -0.39 is 0 Å². The molecule has 2 heterocycles. The fraction of sp³-hybridized carbons (Fsp3) is 0.455. The Morgan fingerprint density at radius 3 is 2.38 bits per heavy atom. The lowest BCUT2D eigenvalue weighted by Gasteiger charge is -2.32. The first-order valence-electron chi connectivity index (χ1n) is 5.19. The molecule has 0 N–H and O–H groups in total. The SMILES string of the molecule is Br.O=CN1CCN(Cc2ccncc2)CC1. The number of piperazine rings is 1. The van der Waals surface area contributed by atoms with Crippen LogP contribution < -0.4 is 0 Å². The number of halogens is 1. The highest BCUT2D eigenvalue weighted by Gasteiger charge is 2.14. The molecule has 0 bridgehead atoms. The highest BCUT2D eigenvalue weighted by molar-refractivity contribution is 8.93. The average Bonchev–Trinajstić information content (AvgIpc) is 2.31. The number of hydrogen-bond donors (Lipinski definition) is 0. The van der Waals surface area contributed by atoms with Gasteiger partial charge in [0.2, 0.25) is 6.41 Å². The molecule has 1 amide bonds. The molecular weight excluding hydrogens is 270 g/mol. The van der Waals surface area contributed by atoms with E-state index in [2.05, 4.69) is 9.88 Å². The summed E-state index contributed by atoms with van der Waals surface area (Å²) in [6.45, 7) is 4.56. The molecule has 0 spiro atoms. The molecule has 0 saturated carbocycles. The topological polar surface area (TPSA) is 36.4 Å². The van der Waals surface area contributed by atoms with Gasteiger partial charge in [-0.1, -0.05) is 0 Å². The van der Waals surface area contributed by atoms with Gasteiger partial charge in [0.15, 0.2) is 0 Å². The molecule has 88 valence electrons. The van der Waals surface area contributed by atoms with Crippen LogP contribution in [-0.2, 0) is 11.3 Å². The van der Waals surface area contributed by atoms with Gasteiger partial charge in [-0.15, -0.1) is 17.0 Å². The van der Waals surface area contributed by atoms with E-state index in [1.54, 1.807) is 0 Å². The van der Waals surface area contributed by atoms with Crippen LogP contribution in [-0.4, -0.2) is 47.4 Å². The Labute approximate surface area is 106 Å². The minimum absolute atomic E-state index is 0.